The number of urea groups is 1. The third-order valence-corrected chi connectivity index (χ3v) is 5.74. The highest BCUT2D eigenvalue weighted by Gasteiger charge is 2.23. The van der Waals surface area contributed by atoms with Gasteiger partial charge >= 0.3 is 6.03 Å². The first-order valence-electron chi connectivity index (χ1n) is 11.8. The predicted molar refractivity (Wildman–Crippen MR) is 138 cm³/mol. The minimum Gasteiger partial charge on any atom is -0.315 e. The number of carbonyl (C=O) groups excluding carboxylic acids is 2. The summed E-state index contributed by atoms with van der Waals surface area (Å²) in [4.78, 5) is 27.3. The van der Waals surface area contributed by atoms with E-state index in [1.807, 2.05) is 45.0 Å². The van der Waals surface area contributed by atoms with E-state index in [0.29, 0.717) is 24.5 Å². The molecule has 1 heterocycles. The summed E-state index contributed by atoms with van der Waals surface area (Å²) >= 11 is 0. The summed E-state index contributed by atoms with van der Waals surface area (Å²) in [5.41, 5.74) is 4.01. The second-order valence-electron chi connectivity index (χ2n) is 9.71. The summed E-state index contributed by atoms with van der Waals surface area (Å²) in [6.45, 7) is 12.4. The number of benzene rings is 2. The number of hydrogen-bond donors (Lipinski definition) is 2. The molecule has 3 amide bonds. The average Bonchev–Trinajstić information content (AvgIpc) is 3.19. The molecule has 2 N–H and O–H groups in total. The van der Waals surface area contributed by atoms with Crippen molar-refractivity contribution in [2.45, 2.75) is 53.4 Å². The lowest BCUT2D eigenvalue weighted by Crippen LogP contribution is -2.41. The van der Waals surface area contributed by atoms with Crippen molar-refractivity contribution >= 4 is 23.4 Å². The first-order valence-corrected chi connectivity index (χ1v) is 11.8. The zero-order chi connectivity index (χ0) is 25.8. The van der Waals surface area contributed by atoms with Crippen LogP contribution in [-0.4, -0.2) is 39.7 Å². The van der Waals surface area contributed by atoms with Crippen LogP contribution < -0.4 is 10.6 Å². The Labute approximate surface area is 206 Å². The molecule has 0 aliphatic heterocycles. The number of nitrogens with zero attached hydrogens (tertiary/aromatic N) is 3. The van der Waals surface area contributed by atoms with Crippen LogP contribution in [0.2, 0.25) is 0 Å². The normalized spacial score (nSPS) is 11.3. The number of hydrogen-bond acceptors (Lipinski definition) is 3. The molecule has 0 radical (unpaired) electrons. The first kappa shape index (κ1) is 25.9. The Morgan fingerprint density at radius 3 is 2.43 bits per heavy atom. The Morgan fingerprint density at radius 2 is 1.77 bits per heavy atom. The van der Waals surface area contributed by atoms with Gasteiger partial charge in [-0.15, -0.1) is 0 Å². The molecule has 3 rings (SSSR count). The maximum absolute atomic E-state index is 13.5. The van der Waals surface area contributed by atoms with Crippen LogP contribution in [0.15, 0.2) is 48.5 Å². The molecular weight excluding hydrogens is 445 g/mol. The Hall–Kier alpha value is -3.68. The van der Waals surface area contributed by atoms with Gasteiger partial charge in [-0.3, -0.25) is 4.79 Å². The van der Waals surface area contributed by atoms with Gasteiger partial charge in [0.25, 0.3) is 0 Å². The lowest BCUT2D eigenvalue weighted by molar-refractivity contribution is -0.116. The molecule has 0 atom stereocenters. The smallest absolute Gasteiger partial charge is 0.315 e. The number of amides is 3. The largest absolute Gasteiger partial charge is 0.322 e. The summed E-state index contributed by atoms with van der Waals surface area (Å²) in [6, 6.07) is 13.0. The van der Waals surface area contributed by atoms with Gasteiger partial charge in [-0.1, -0.05) is 45.9 Å². The van der Waals surface area contributed by atoms with Crippen LogP contribution in [0.25, 0.3) is 5.69 Å². The molecule has 7 nitrogen and oxygen atoms in total. The van der Waals surface area contributed by atoms with E-state index in [1.165, 1.54) is 23.1 Å². The van der Waals surface area contributed by atoms with E-state index in [1.54, 1.807) is 10.7 Å². The third kappa shape index (κ3) is 6.47. The molecule has 186 valence electrons. The first-order chi connectivity index (χ1) is 16.5. The number of carbonyl (C=O) groups is 2. The van der Waals surface area contributed by atoms with Gasteiger partial charge in [0.05, 0.1) is 11.4 Å². The van der Waals surface area contributed by atoms with Crippen LogP contribution in [0.3, 0.4) is 0 Å². The van der Waals surface area contributed by atoms with Gasteiger partial charge in [0, 0.05) is 23.7 Å². The number of aryl methyl sites for hydroxylation is 1. The van der Waals surface area contributed by atoms with Crippen molar-refractivity contribution in [3.8, 4) is 5.69 Å². The van der Waals surface area contributed by atoms with Gasteiger partial charge < -0.3 is 15.5 Å². The average molecular weight is 480 g/mol. The number of aromatic nitrogens is 2. The summed E-state index contributed by atoms with van der Waals surface area (Å²) in [6.07, 6.45) is 0.665. The van der Waals surface area contributed by atoms with Crippen LogP contribution in [0.4, 0.5) is 20.7 Å². The zero-order valence-electron chi connectivity index (χ0n) is 21.3. The quantitative estimate of drug-likeness (QED) is 0.449. The molecule has 3 aromatic rings. The Morgan fingerprint density at radius 1 is 1.06 bits per heavy atom. The monoisotopic (exact) mass is 479 g/mol. The maximum Gasteiger partial charge on any atom is 0.322 e. The minimum atomic E-state index is -0.467. The molecule has 0 fully saturated rings. The van der Waals surface area contributed by atoms with Crippen molar-refractivity contribution in [2.75, 3.05) is 23.7 Å². The highest BCUT2D eigenvalue weighted by molar-refractivity contribution is 5.96. The van der Waals surface area contributed by atoms with Crippen molar-refractivity contribution in [2.24, 2.45) is 0 Å². The fourth-order valence-corrected chi connectivity index (χ4v) is 3.63. The van der Waals surface area contributed by atoms with Crippen LogP contribution >= 0.6 is 0 Å². The van der Waals surface area contributed by atoms with E-state index >= 15 is 0 Å². The molecule has 0 bridgehead atoms. The Balaban J connectivity index is 1.84. The highest BCUT2D eigenvalue weighted by atomic mass is 19.1. The van der Waals surface area contributed by atoms with Crippen LogP contribution in [0.5, 0.6) is 0 Å². The number of halogens is 1. The van der Waals surface area contributed by atoms with E-state index in [9.17, 15) is 14.0 Å². The second kappa shape index (κ2) is 10.7. The topological polar surface area (TPSA) is 79.3 Å². The molecule has 0 unspecified atom stereocenters. The van der Waals surface area contributed by atoms with Crippen LogP contribution in [-0.2, 0) is 10.2 Å². The maximum atomic E-state index is 13.5. The lowest BCUT2D eigenvalue weighted by atomic mass is 9.92. The van der Waals surface area contributed by atoms with Gasteiger partial charge in [0.1, 0.15) is 18.2 Å². The lowest BCUT2D eigenvalue weighted by Gasteiger charge is -2.22. The molecule has 0 aliphatic carbocycles. The van der Waals surface area contributed by atoms with Crippen molar-refractivity contribution in [3.05, 3.63) is 71.2 Å². The van der Waals surface area contributed by atoms with Gasteiger partial charge in [0.15, 0.2) is 0 Å². The predicted octanol–water partition coefficient (Wildman–Crippen LogP) is 5.81. The molecule has 0 saturated carbocycles. The minimum absolute atomic E-state index is 0.155. The highest BCUT2D eigenvalue weighted by Crippen LogP contribution is 2.28. The zero-order valence-corrected chi connectivity index (χ0v) is 21.3. The summed E-state index contributed by atoms with van der Waals surface area (Å²) in [7, 11) is 0. The van der Waals surface area contributed by atoms with Crippen molar-refractivity contribution in [1.82, 2.24) is 14.7 Å². The Kier molecular flexibility index (Phi) is 7.94. The number of nitrogens with one attached hydrogen (secondary N) is 2. The molecule has 0 spiro atoms. The number of rotatable bonds is 7. The third-order valence-electron chi connectivity index (χ3n) is 5.74. The molecule has 2 aromatic carbocycles. The molecular formula is C27H34FN5O2. The Bertz CT molecular complexity index is 1210. The summed E-state index contributed by atoms with van der Waals surface area (Å²) in [5.74, 6) is -0.257. The second-order valence-corrected chi connectivity index (χ2v) is 9.71. The van der Waals surface area contributed by atoms with Crippen molar-refractivity contribution in [1.29, 1.82) is 0 Å². The van der Waals surface area contributed by atoms with Crippen LogP contribution in [0.1, 0.15) is 50.9 Å². The van der Waals surface area contributed by atoms with E-state index in [2.05, 4.69) is 31.4 Å². The van der Waals surface area contributed by atoms with Gasteiger partial charge in [-0.2, -0.15) is 5.10 Å². The molecule has 0 saturated heterocycles. The van der Waals surface area contributed by atoms with Crippen molar-refractivity contribution < 1.29 is 14.0 Å². The van der Waals surface area contributed by atoms with Crippen LogP contribution in [0, 0.1) is 19.7 Å². The fraction of sp³-hybridized carbons (Fsp3) is 0.370. The van der Waals surface area contributed by atoms with E-state index in [-0.39, 0.29) is 17.9 Å². The van der Waals surface area contributed by atoms with E-state index < -0.39 is 11.8 Å². The van der Waals surface area contributed by atoms with E-state index in [4.69, 9.17) is 5.10 Å². The van der Waals surface area contributed by atoms with E-state index in [0.717, 1.165) is 22.5 Å². The summed E-state index contributed by atoms with van der Waals surface area (Å²) in [5, 5.41) is 10.4. The fourth-order valence-electron chi connectivity index (χ4n) is 3.63. The molecule has 8 heteroatoms. The summed E-state index contributed by atoms with van der Waals surface area (Å²) < 4.78 is 15.2. The van der Waals surface area contributed by atoms with Crippen molar-refractivity contribution in [3.63, 3.8) is 0 Å². The SMILES string of the molecule is CCCN(CC(=O)Nc1cc(C(C)(C)C)nn1-c1cccc(C)c1C)C(=O)Nc1cccc(F)c1. The number of anilines is 2. The van der Waals surface area contributed by atoms with Gasteiger partial charge in [-0.25, -0.2) is 13.9 Å². The molecule has 1 aromatic heterocycles. The molecule has 0 aliphatic rings. The van der Waals surface area contributed by atoms with Gasteiger partial charge in [-0.05, 0) is 55.7 Å². The van der Waals surface area contributed by atoms with Gasteiger partial charge in [0.2, 0.25) is 5.91 Å². The standard InChI is InChI=1S/C27H34FN5O2/c1-7-14-32(26(35)29-21-12-9-11-20(28)15-21)17-25(34)30-24-16-23(27(4,5)6)31-33(24)22-13-8-10-18(2)19(22)3/h8-13,15-16H,7,14,17H2,1-6H3,(H,29,35)(H,30,34). The molecule has 35 heavy (non-hydrogen) atoms.